The normalized spacial score (nSPS) is 15.6. The first kappa shape index (κ1) is 23.9. The van der Waals surface area contributed by atoms with Crippen molar-refractivity contribution in [2.24, 2.45) is 4.99 Å². The van der Waals surface area contributed by atoms with Crippen LogP contribution in [-0.2, 0) is 9.53 Å². The Morgan fingerprint density at radius 3 is 2.55 bits per heavy atom. The molecule has 1 aliphatic rings. The Kier molecular flexibility index (Phi) is 8.11. The van der Waals surface area contributed by atoms with E-state index in [9.17, 15) is 9.59 Å². The molecule has 0 saturated carbocycles. The van der Waals surface area contributed by atoms with Crippen LogP contribution >= 0.6 is 11.8 Å². The van der Waals surface area contributed by atoms with Gasteiger partial charge in [0.05, 0.1) is 29.4 Å². The van der Waals surface area contributed by atoms with Crippen molar-refractivity contribution in [1.82, 2.24) is 4.90 Å². The van der Waals surface area contributed by atoms with Crippen molar-refractivity contribution < 1.29 is 23.8 Å². The zero-order valence-electron chi connectivity index (χ0n) is 18.5. The van der Waals surface area contributed by atoms with Gasteiger partial charge in [-0.3, -0.25) is 9.69 Å². The first-order chi connectivity index (χ1) is 16.0. The van der Waals surface area contributed by atoms with E-state index < -0.39 is 0 Å². The van der Waals surface area contributed by atoms with Crippen molar-refractivity contribution in [3.63, 3.8) is 0 Å². The zero-order chi connectivity index (χ0) is 23.8. The molecule has 1 heterocycles. The third kappa shape index (κ3) is 5.93. The lowest BCUT2D eigenvalue weighted by molar-refractivity contribution is -0.121. The molecular formula is C24H23N3O5S. The molecule has 0 N–H and O–H groups in total. The van der Waals surface area contributed by atoms with Crippen LogP contribution in [0.1, 0.15) is 29.8 Å². The number of aliphatic imine (C=N–C) groups is 1. The van der Waals surface area contributed by atoms with Crippen LogP contribution in [0.15, 0.2) is 52.4 Å². The number of esters is 1. The summed E-state index contributed by atoms with van der Waals surface area (Å²) >= 11 is 1.25. The molecule has 8 nitrogen and oxygen atoms in total. The van der Waals surface area contributed by atoms with E-state index in [4.69, 9.17) is 19.5 Å². The average Bonchev–Trinajstić information content (AvgIpc) is 3.07. The standard InChI is InChI=1S/C24H23N3O5S/c1-4-30-20-14-16(6-11-19(20)32-13-12-25)15-21-22(28)27(3)24(33-21)26-18-9-7-17(8-10-18)23(29)31-5-2/h6-11,14-15H,4-5,13H2,1-3H3/b21-15-,26-24?. The van der Waals surface area contributed by atoms with Gasteiger partial charge in [0.2, 0.25) is 0 Å². The van der Waals surface area contributed by atoms with Crippen molar-refractivity contribution in [2.45, 2.75) is 13.8 Å². The van der Waals surface area contributed by atoms with Gasteiger partial charge in [-0.2, -0.15) is 5.26 Å². The molecule has 1 fully saturated rings. The van der Waals surface area contributed by atoms with E-state index in [2.05, 4.69) is 4.99 Å². The number of thioether (sulfide) groups is 1. The van der Waals surface area contributed by atoms with Crippen LogP contribution in [0, 0.1) is 11.3 Å². The fourth-order valence-corrected chi connectivity index (χ4v) is 3.90. The minimum absolute atomic E-state index is 0.0831. The summed E-state index contributed by atoms with van der Waals surface area (Å²) in [6.07, 6.45) is 1.76. The number of hydrogen-bond donors (Lipinski definition) is 0. The van der Waals surface area contributed by atoms with E-state index in [1.54, 1.807) is 62.5 Å². The molecule has 0 unspecified atom stereocenters. The van der Waals surface area contributed by atoms with Crippen LogP contribution in [0.3, 0.4) is 0 Å². The molecule has 2 aromatic carbocycles. The molecule has 1 amide bonds. The Hall–Kier alpha value is -3.77. The minimum Gasteiger partial charge on any atom is -0.490 e. The lowest BCUT2D eigenvalue weighted by atomic mass is 10.2. The molecule has 0 aromatic heterocycles. The van der Waals surface area contributed by atoms with E-state index in [0.717, 1.165) is 5.56 Å². The van der Waals surface area contributed by atoms with Gasteiger partial charge in [-0.25, -0.2) is 9.79 Å². The number of likely N-dealkylation sites (N-methyl/N-ethyl adjacent to an activating group) is 1. The lowest BCUT2D eigenvalue weighted by Crippen LogP contribution is -2.23. The number of rotatable bonds is 8. The number of ether oxygens (including phenoxy) is 3. The number of benzene rings is 2. The van der Waals surface area contributed by atoms with Gasteiger partial charge in [-0.1, -0.05) is 6.07 Å². The predicted molar refractivity (Wildman–Crippen MR) is 127 cm³/mol. The molecule has 0 bridgehead atoms. The topological polar surface area (TPSA) is 101 Å². The van der Waals surface area contributed by atoms with Crippen molar-refractivity contribution >= 4 is 40.6 Å². The predicted octanol–water partition coefficient (Wildman–Crippen LogP) is 4.40. The largest absolute Gasteiger partial charge is 0.490 e. The summed E-state index contributed by atoms with van der Waals surface area (Å²) in [4.78, 5) is 31.1. The zero-order valence-corrected chi connectivity index (χ0v) is 19.3. The average molecular weight is 466 g/mol. The van der Waals surface area contributed by atoms with Gasteiger partial charge in [0.25, 0.3) is 5.91 Å². The fraction of sp³-hybridized carbons (Fsp3) is 0.250. The summed E-state index contributed by atoms with van der Waals surface area (Å²) in [5.41, 5.74) is 1.81. The second kappa shape index (κ2) is 11.2. The van der Waals surface area contributed by atoms with E-state index in [-0.39, 0.29) is 18.5 Å². The summed E-state index contributed by atoms with van der Waals surface area (Å²) < 4.78 is 16.0. The summed E-state index contributed by atoms with van der Waals surface area (Å²) in [6.45, 7) is 4.27. The van der Waals surface area contributed by atoms with Gasteiger partial charge in [0.1, 0.15) is 6.07 Å². The molecule has 33 heavy (non-hydrogen) atoms. The molecule has 170 valence electrons. The quantitative estimate of drug-likeness (QED) is 0.421. The number of amides is 1. The summed E-state index contributed by atoms with van der Waals surface area (Å²) in [5.74, 6) is 0.405. The number of hydrogen-bond acceptors (Lipinski definition) is 8. The van der Waals surface area contributed by atoms with Gasteiger partial charge in [-0.05, 0) is 73.6 Å². The Morgan fingerprint density at radius 1 is 1.12 bits per heavy atom. The third-order valence-corrected chi connectivity index (χ3v) is 5.52. The monoisotopic (exact) mass is 465 g/mol. The van der Waals surface area contributed by atoms with Crippen LogP contribution in [-0.4, -0.2) is 48.8 Å². The Bertz CT molecular complexity index is 1140. The molecule has 1 aliphatic heterocycles. The van der Waals surface area contributed by atoms with Gasteiger partial charge in [-0.15, -0.1) is 0 Å². The molecule has 3 rings (SSSR count). The van der Waals surface area contributed by atoms with Crippen LogP contribution in [0.4, 0.5) is 5.69 Å². The van der Waals surface area contributed by atoms with E-state index in [1.807, 2.05) is 13.0 Å². The van der Waals surface area contributed by atoms with Crippen LogP contribution in [0.5, 0.6) is 11.5 Å². The SMILES string of the molecule is CCOC(=O)c1ccc(N=C2S/C(=C\c3ccc(OCC#N)c(OCC)c3)C(=O)N2C)cc1. The minimum atomic E-state index is -0.389. The number of nitrogens with zero attached hydrogens (tertiary/aromatic N) is 3. The molecule has 0 spiro atoms. The maximum atomic E-state index is 12.7. The van der Waals surface area contributed by atoms with Crippen molar-refractivity contribution in [3.8, 4) is 17.6 Å². The van der Waals surface area contributed by atoms with Gasteiger partial charge >= 0.3 is 5.97 Å². The lowest BCUT2D eigenvalue weighted by Gasteiger charge is -2.10. The molecule has 9 heteroatoms. The highest BCUT2D eigenvalue weighted by molar-refractivity contribution is 8.18. The molecule has 2 aromatic rings. The smallest absolute Gasteiger partial charge is 0.338 e. The molecule has 0 radical (unpaired) electrons. The number of amidine groups is 1. The first-order valence-electron chi connectivity index (χ1n) is 10.3. The maximum absolute atomic E-state index is 12.7. The highest BCUT2D eigenvalue weighted by atomic mass is 32.2. The molecule has 0 aliphatic carbocycles. The highest BCUT2D eigenvalue weighted by Gasteiger charge is 2.30. The van der Waals surface area contributed by atoms with Gasteiger partial charge in [0.15, 0.2) is 23.3 Å². The summed E-state index contributed by atoms with van der Waals surface area (Å²) in [5, 5.41) is 9.26. The van der Waals surface area contributed by atoms with E-state index in [1.165, 1.54) is 16.7 Å². The second-order valence-corrected chi connectivity index (χ2v) is 7.73. The Balaban J connectivity index is 1.81. The maximum Gasteiger partial charge on any atom is 0.338 e. The van der Waals surface area contributed by atoms with Crippen molar-refractivity contribution in [3.05, 3.63) is 58.5 Å². The van der Waals surface area contributed by atoms with E-state index >= 15 is 0 Å². The second-order valence-electron chi connectivity index (χ2n) is 6.72. The summed E-state index contributed by atoms with van der Waals surface area (Å²) in [6, 6.07) is 13.9. The highest BCUT2D eigenvalue weighted by Crippen LogP contribution is 2.35. The number of nitriles is 1. The van der Waals surface area contributed by atoms with E-state index in [0.29, 0.717) is 46.0 Å². The van der Waals surface area contributed by atoms with Crippen LogP contribution < -0.4 is 9.47 Å². The first-order valence-corrected chi connectivity index (χ1v) is 11.1. The number of carbonyl (C=O) groups excluding carboxylic acids is 2. The summed E-state index contributed by atoms with van der Waals surface area (Å²) in [7, 11) is 1.66. The van der Waals surface area contributed by atoms with Crippen molar-refractivity contribution in [2.75, 3.05) is 26.9 Å². The molecule has 0 atom stereocenters. The molecule has 1 saturated heterocycles. The van der Waals surface area contributed by atoms with Crippen molar-refractivity contribution in [1.29, 1.82) is 5.26 Å². The molecular weight excluding hydrogens is 442 g/mol. The third-order valence-electron chi connectivity index (χ3n) is 4.46. The Morgan fingerprint density at radius 2 is 1.88 bits per heavy atom. The van der Waals surface area contributed by atoms with Gasteiger partial charge in [0, 0.05) is 7.05 Å². The number of carbonyl (C=O) groups is 2. The Labute approximate surface area is 196 Å². The fourth-order valence-electron chi connectivity index (χ4n) is 2.91. The van der Waals surface area contributed by atoms with Crippen LogP contribution in [0.25, 0.3) is 6.08 Å². The van der Waals surface area contributed by atoms with Crippen LogP contribution in [0.2, 0.25) is 0 Å². The van der Waals surface area contributed by atoms with Gasteiger partial charge < -0.3 is 14.2 Å².